The van der Waals surface area contributed by atoms with Crippen molar-refractivity contribution in [3.8, 4) is 0 Å². The van der Waals surface area contributed by atoms with E-state index in [0.717, 1.165) is 0 Å². The maximum atomic E-state index is 2.32. The summed E-state index contributed by atoms with van der Waals surface area (Å²) in [4.78, 5) is 0. The van der Waals surface area contributed by atoms with Crippen LogP contribution in [-0.4, -0.2) is 0 Å². The van der Waals surface area contributed by atoms with E-state index in [2.05, 4.69) is 54.5 Å². The molecule has 0 spiro atoms. The molecule has 0 heteroatoms. The van der Waals surface area contributed by atoms with Crippen LogP contribution in [0.1, 0.15) is 67.7 Å². The molecule has 0 saturated carbocycles. The van der Waals surface area contributed by atoms with E-state index in [-0.39, 0.29) is 0 Å². The fourth-order valence-corrected chi connectivity index (χ4v) is 1.76. The van der Waals surface area contributed by atoms with E-state index in [1.165, 1.54) is 19.3 Å². The molecule has 0 rings (SSSR count). The fraction of sp³-hybridized carbons (Fsp3) is 0.857. The van der Waals surface area contributed by atoms with Crippen LogP contribution < -0.4 is 0 Å². The van der Waals surface area contributed by atoms with Crippen molar-refractivity contribution in [3.63, 3.8) is 0 Å². The molecule has 0 N–H and O–H groups in total. The smallest absolute Gasteiger partial charge is 0.0173 e. The first-order chi connectivity index (χ1) is 6.17. The third-order valence-electron chi connectivity index (χ3n) is 2.68. The average molecular weight is 196 g/mol. The summed E-state index contributed by atoms with van der Waals surface area (Å²) in [5.74, 6) is 0. The lowest BCUT2D eigenvalue weighted by atomic mass is 9.81. The summed E-state index contributed by atoms with van der Waals surface area (Å²) < 4.78 is 0. The van der Waals surface area contributed by atoms with Crippen LogP contribution >= 0.6 is 0 Å². The SMILES string of the molecule is CC=C(CCCC(C)(C)C)C(C)(C)C. The standard InChI is InChI=1S/C14H28/c1-8-12(14(5,6)7)10-9-11-13(2,3)4/h8H,9-11H2,1-7H3. The van der Waals surface area contributed by atoms with Crippen LogP contribution in [0.2, 0.25) is 0 Å². The third kappa shape index (κ3) is 6.23. The monoisotopic (exact) mass is 196 g/mol. The minimum absolute atomic E-state index is 0.354. The van der Waals surface area contributed by atoms with Gasteiger partial charge >= 0.3 is 0 Å². The van der Waals surface area contributed by atoms with Gasteiger partial charge in [0.05, 0.1) is 0 Å². The Balaban J connectivity index is 4.01. The van der Waals surface area contributed by atoms with Gasteiger partial charge in [-0.3, -0.25) is 0 Å². The average Bonchev–Trinajstić information content (AvgIpc) is 1.93. The quantitative estimate of drug-likeness (QED) is 0.545. The molecule has 0 amide bonds. The second-order valence-corrected chi connectivity index (χ2v) is 6.48. The number of rotatable bonds is 3. The number of allylic oxidation sites excluding steroid dienone is 2. The van der Waals surface area contributed by atoms with Crippen LogP contribution in [-0.2, 0) is 0 Å². The molecule has 0 unspecified atom stereocenters. The molecule has 0 radical (unpaired) electrons. The highest BCUT2D eigenvalue weighted by Crippen LogP contribution is 2.31. The first-order valence-electron chi connectivity index (χ1n) is 5.82. The summed E-state index contributed by atoms with van der Waals surface area (Å²) >= 11 is 0. The van der Waals surface area contributed by atoms with Gasteiger partial charge in [-0.1, -0.05) is 53.2 Å². The van der Waals surface area contributed by atoms with Crippen LogP contribution in [0.25, 0.3) is 0 Å². The maximum absolute atomic E-state index is 2.32. The maximum Gasteiger partial charge on any atom is -0.0173 e. The van der Waals surface area contributed by atoms with Gasteiger partial charge in [-0.15, -0.1) is 0 Å². The van der Waals surface area contributed by atoms with E-state index in [9.17, 15) is 0 Å². The molecular weight excluding hydrogens is 168 g/mol. The largest absolute Gasteiger partial charge is 0.0879 e. The lowest BCUT2D eigenvalue weighted by Gasteiger charge is -2.25. The third-order valence-corrected chi connectivity index (χ3v) is 2.68. The minimum Gasteiger partial charge on any atom is -0.0879 e. The number of hydrogen-bond donors (Lipinski definition) is 0. The predicted molar refractivity (Wildman–Crippen MR) is 66.5 cm³/mol. The normalized spacial score (nSPS) is 14.6. The van der Waals surface area contributed by atoms with Crippen molar-refractivity contribution in [1.29, 1.82) is 0 Å². The molecule has 0 nitrogen and oxygen atoms in total. The Morgan fingerprint density at radius 3 is 1.79 bits per heavy atom. The molecule has 0 atom stereocenters. The number of hydrogen-bond acceptors (Lipinski definition) is 0. The van der Waals surface area contributed by atoms with E-state index in [1.54, 1.807) is 5.57 Å². The first kappa shape index (κ1) is 13.7. The highest BCUT2D eigenvalue weighted by Gasteiger charge is 2.17. The predicted octanol–water partition coefficient (Wildman–Crippen LogP) is 5.20. The molecule has 0 bridgehead atoms. The Bertz CT molecular complexity index is 183. The molecule has 0 aromatic rings. The van der Waals surface area contributed by atoms with Crippen molar-refractivity contribution in [2.24, 2.45) is 10.8 Å². The van der Waals surface area contributed by atoms with Gasteiger partial charge in [-0.25, -0.2) is 0 Å². The Morgan fingerprint density at radius 1 is 1.00 bits per heavy atom. The summed E-state index contributed by atoms with van der Waals surface area (Å²) in [7, 11) is 0. The zero-order chi connectivity index (χ0) is 11.4. The van der Waals surface area contributed by atoms with E-state index in [1.807, 2.05) is 0 Å². The lowest BCUT2D eigenvalue weighted by Crippen LogP contribution is -2.11. The van der Waals surface area contributed by atoms with Crippen molar-refractivity contribution in [2.45, 2.75) is 67.7 Å². The minimum atomic E-state index is 0.354. The molecule has 0 aromatic carbocycles. The van der Waals surface area contributed by atoms with Crippen molar-refractivity contribution in [3.05, 3.63) is 11.6 Å². The van der Waals surface area contributed by atoms with Gasteiger partial charge in [0, 0.05) is 0 Å². The van der Waals surface area contributed by atoms with Gasteiger partial charge < -0.3 is 0 Å². The lowest BCUT2D eigenvalue weighted by molar-refractivity contribution is 0.357. The van der Waals surface area contributed by atoms with Crippen molar-refractivity contribution in [1.82, 2.24) is 0 Å². The molecule has 14 heavy (non-hydrogen) atoms. The Hall–Kier alpha value is -0.260. The Labute approximate surface area is 90.8 Å². The van der Waals surface area contributed by atoms with E-state index >= 15 is 0 Å². The Morgan fingerprint density at radius 2 is 1.50 bits per heavy atom. The summed E-state index contributed by atoms with van der Waals surface area (Å²) in [6.07, 6.45) is 6.20. The fourth-order valence-electron chi connectivity index (χ4n) is 1.76. The van der Waals surface area contributed by atoms with Gasteiger partial charge in [-0.2, -0.15) is 0 Å². The topological polar surface area (TPSA) is 0 Å². The van der Waals surface area contributed by atoms with Crippen molar-refractivity contribution >= 4 is 0 Å². The molecule has 0 aliphatic rings. The summed E-state index contributed by atoms with van der Waals surface area (Å²) in [6.45, 7) is 16.0. The molecular formula is C14H28. The van der Waals surface area contributed by atoms with E-state index < -0.39 is 0 Å². The van der Waals surface area contributed by atoms with E-state index in [4.69, 9.17) is 0 Å². The van der Waals surface area contributed by atoms with Crippen LogP contribution in [0.3, 0.4) is 0 Å². The highest BCUT2D eigenvalue weighted by molar-refractivity contribution is 5.09. The van der Waals surface area contributed by atoms with Crippen LogP contribution in [0.5, 0.6) is 0 Å². The molecule has 0 aliphatic carbocycles. The van der Waals surface area contributed by atoms with Gasteiger partial charge in [0.2, 0.25) is 0 Å². The molecule has 0 aliphatic heterocycles. The van der Waals surface area contributed by atoms with Crippen molar-refractivity contribution < 1.29 is 0 Å². The molecule has 0 aromatic heterocycles. The zero-order valence-corrected chi connectivity index (χ0v) is 11.2. The van der Waals surface area contributed by atoms with Gasteiger partial charge in [0.25, 0.3) is 0 Å². The van der Waals surface area contributed by atoms with Gasteiger partial charge in [0.1, 0.15) is 0 Å². The van der Waals surface area contributed by atoms with Crippen LogP contribution in [0.4, 0.5) is 0 Å². The molecule has 0 saturated heterocycles. The first-order valence-corrected chi connectivity index (χ1v) is 5.82. The second-order valence-electron chi connectivity index (χ2n) is 6.48. The zero-order valence-electron chi connectivity index (χ0n) is 11.2. The summed E-state index contributed by atoms with van der Waals surface area (Å²) in [6, 6.07) is 0. The molecule has 0 heterocycles. The van der Waals surface area contributed by atoms with Gasteiger partial charge in [-0.05, 0) is 37.0 Å². The summed E-state index contributed by atoms with van der Waals surface area (Å²) in [5.41, 5.74) is 2.44. The second kappa shape index (κ2) is 5.00. The molecule has 84 valence electrons. The summed E-state index contributed by atoms with van der Waals surface area (Å²) in [5, 5.41) is 0. The van der Waals surface area contributed by atoms with Gasteiger partial charge in [0.15, 0.2) is 0 Å². The Kier molecular flexibility index (Phi) is 4.91. The molecule has 0 fully saturated rings. The van der Waals surface area contributed by atoms with Crippen LogP contribution in [0, 0.1) is 10.8 Å². The highest BCUT2D eigenvalue weighted by atomic mass is 14.2. The van der Waals surface area contributed by atoms with E-state index in [0.29, 0.717) is 10.8 Å². The van der Waals surface area contributed by atoms with Crippen LogP contribution in [0.15, 0.2) is 11.6 Å². The van der Waals surface area contributed by atoms with Crippen molar-refractivity contribution in [2.75, 3.05) is 0 Å².